The Bertz CT molecular complexity index is 404. The van der Waals surface area contributed by atoms with Crippen LogP contribution in [-0.2, 0) is 16.0 Å². The van der Waals surface area contributed by atoms with Gasteiger partial charge in [-0.3, -0.25) is 14.6 Å². The van der Waals surface area contributed by atoms with Gasteiger partial charge in [0.05, 0.1) is 24.0 Å². The van der Waals surface area contributed by atoms with Gasteiger partial charge in [0.2, 0.25) is 5.91 Å². The molecule has 0 spiro atoms. The number of carboxylic acid groups (broad SMARTS) is 1. The average molecular weight is 251 g/mol. The minimum absolute atomic E-state index is 0.0868. The fourth-order valence-electron chi connectivity index (χ4n) is 1.41. The maximum Gasteiger partial charge on any atom is 0.309 e. The van der Waals surface area contributed by atoms with E-state index in [1.54, 1.807) is 12.1 Å². The molecule has 1 heterocycles. The largest absolute Gasteiger partial charge is 0.481 e. The Balaban J connectivity index is 2.43. The number of amides is 1. The summed E-state index contributed by atoms with van der Waals surface area (Å²) >= 11 is 0. The highest BCUT2D eigenvalue weighted by molar-refractivity contribution is 5.90. The van der Waals surface area contributed by atoms with E-state index in [9.17, 15) is 9.59 Å². The van der Waals surface area contributed by atoms with Crippen LogP contribution in [0.5, 0.6) is 0 Å². The summed E-state index contributed by atoms with van der Waals surface area (Å²) in [4.78, 5) is 25.9. The lowest BCUT2D eigenvalue weighted by Gasteiger charge is -2.05. The molecule has 18 heavy (non-hydrogen) atoms. The summed E-state index contributed by atoms with van der Waals surface area (Å²) in [5, 5.41) is 11.3. The lowest BCUT2D eigenvalue weighted by atomic mass is 10.2. The molecule has 6 nitrogen and oxygen atoms in total. The van der Waals surface area contributed by atoms with Crippen LogP contribution >= 0.6 is 0 Å². The van der Waals surface area contributed by atoms with Gasteiger partial charge in [0.25, 0.3) is 0 Å². The molecule has 0 bridgehead atoms. The third kappa shape index (κ3) is 5.40. The third-order valence-corrected chi connectivity index (χ3v) is 2.30. The zero-order valence-electron chi connectivity index (χ0n) is 10.1. The standard InChI is InChI=1S/C12H17N3O3/c13-6-2-1-3-11(16)15-10-5-4-9(14-8-10)7-12(17)18/h4-5,8H,1-3,6-7,13H2,(H,15,16)(H,17,18). The molecule has 0 radical (unpaired) electrons. The second kappa shape index (κ2) is 7.39. The summed E-state index contributed by atoms with van der Waals surface area (Å²) in [6.45, 7) is 0.582. The normalized spacial score (nSPS) is 10.1. The summed E-state index contributed by atoms with van der Waals surface area (Å²) in [6.07, 6.45) is 3.34. The van der Waals surface area contributed by atoms with E-state index < -0.39 is 5.97 Å². The molecular weight excluding hydrogens is 234 g/mol. The molecule has 1 aromatic heterocycles. The lowest BCUT2D eigenvalue weighted by molar-refractivity contribution is -0.136. The van der Waals surface area contributed by atoms with Gasteiger partial charge in [-0.15, -0.1) is 0 Å². The van der Waals surface area contributed by atoms with Gasteiger partial charge < -0.3 is 16.2 Å². The Morgan fingerprint density at radius 2 is 2.11 bits per heavy atom. The van der Waals surface area contributed by atoms with Crippen LogP contribution in [0.1, 0.15) is 25.0 Å². The van der Waals surface area contributed by atoms with Gasteiger partial charge in [-0.05, 0) is 31.5 Å². The van der Waals surface area contributed by atoms with Crippen molar-refractivity contribution in [3.8, 4) is 0 Å². The van der Waals surface area contributed by atoms with Crippen molar-refractivity contribution in [2.45, 2.75) is 25.7 Å². The van der Waals surface area contributed by atoms with Gasteiger partial charge in [-0.1, -0.05) is 0 Å². The number of nitrogens with two attached hydrogens (primary N) is 1. The van der Waals surface area contributed by atoms with Crippen LogP contribution in [0.3, 0.4) is 0 Å². The number of hydrogen-bond donors (Lipinski definition) is 3. The third-order valence-electron chi connectivity index (χ3n) is 2.30. The van der Waals surface area contributed by atoms with Gasteiger partial charge >= 0.3 is 5.97 Å². The number of carboxylic acids is 1. The van der Waals surface area contributed by atoms with Gasteiger partial charge in [-0.2, -0.15) is 0 Å². The van der Waals surface area contributed by atoms with E-state index in [1.807, 2.05) is 0 Å². The lowest BCUT2D eigenvalue weighted by Crippen LogP contribution is -2.12. The summed E-state index contributed by atoms with van der Waals surface area (Å²) in [5.74, 6) is -1.02. The quantitative estimate of drug-likeness (QED) is 0.621. The molecule has 0 aliphatic rings. The number of nitrogens with zero attached hydrogens (tertiary/aromatic N) is 1. The highest BCUT2D eigenvalue weighted by atomic mass is 16.4. The zero-order valence-corrected chi connectivity index (χ0v) is 10.1. The SMILES string of the molecule is NCCCCC(=O)Nc1ccc(CC(=O)O)nc1. The van der Waals surface area contributed by atoms with E-state index >= 15 is 0 Å². The second-order valence-corrected chi connectivity index (χ2v) is 3.90. The van der Waals surface area contributed by atoms with Crippen LogP contribution in [0.4, 0.5) is 5.69 Å². The number of carbonyl (C=O) groups is 2. The Hall–Kier alpha value is -1.95. The Kier molecular flexibility index (Phi) is 5.79. The van der Waals surface area contributed by atoms with Crippen LogP contribution < -0.4 is 11.1 Å². The summed E-state index contributed by atoms with van der Waals surface area (Å²) < 4.78 is 0. The van der Waals surface area contributed by atoms with Crippen molar-refractivity contribution in [3.05, 3.63) is 24.0 Å². The maximum absolute atomic E-state index is 11.5. The van der Waals surface area contributed by atoms with Crippen LogP contribution in [0.25, 0.3) is 0 Å². The van der Waals surface area contributed by atoms with Crippen LogP contribution in [-0.4, -0.2) is 28.5 Å². The molecule has 1 rings (SSSR count). The molecule has 4 N–H and O–H groups in total. The van der Waals surface area contributed by atoms with E-state index in [0.29, 0.717) is 24.3 Å². The summed E-state index contributed by atoms with van der Waals surface area (Å²) in [7, 11) is 0. The first-order chi connectivity index (χ1) is 8.61. The van der Waals surface area contributed by atoms with E-state index in [2.05, 4.69) is 10.3 Å². The van der Waals surface area contributed by atoms with Crippen molar-refractivity contribution in [3.63, 3.8) is 0 Å². The molecule has 6 heteroatoms. The minimum atomic E-state index is -0.930. The molecule has 98 valence electrons. The number of nitrogens with one attached hydrogen (secondary N) is 1. The van der Waals surface area contributed by atoms with Crippen molar-refractivity contribution >= 4 is 17.6 Å². The first-order valence-electron chi connectivity index (χ1n) is 5.78. The van der Waals surface area contributed by atoms with Crippen molar-refractivity contribution in [2.24, 2.45) is 5.73 Å². The number of aromatic nitrogens is 1. The number of carbonyl (C=O) groups excluding carboxylic acids is 1. The highest BCUT2D eigenvalue weighted by Gasteiger charge is 2.04. The van der Waals surface area contributed by atoms with E-state index in [0.717, 1.165) is 12.8 Å². The van der Waals surface area contributed by atoms with E-state index in [4.69, 9.17) is 10.8 Å². The fraction of sp³-hybridized carbons (Fsp3) is 0.417. The molecule has 0 unspecified atom stereocenters. The molecule has 1 aromatic rings. The average Bonchev–Trinajstić information content (AvgIpc) is 2.31. The Morgan fingerprint density at radius 3 is 2.67 bits per heavy atom. The number of rotatable bonds is 7. The van der Waals surface area contributed by atoms with Gasteiger partial charge in [0.1, 0.15) is 0 Å². The molecule has 0 saturated carbocycles. The fourth-order valence-corrected chi connectivity index (χ4v) is 1.41. The maximum atomic E-state index is 11.5. The molecule has 0 saturated heterocycles. The molecule has 0 atom stereocenters. The predicted octanol–water partition coefficient (Wildman–Crippen LogP) is 0.776. The number of hydrogen-bond acceptors (Lipinski definition) is 4. The Morgan fingerprint density at radius 1 is 1.33 bits per heavy atom. The first-order valence-corrected chi connectivity index (χ1v) is 5.78. The summed E-state index contributed by atoms with van der Waals surface area (Å²) in [5.41, 5.74) is 6.37. The molecule has 0 aliphatic carbocycles. The van der Waals surface area contributed by atoms with Crippen LogP contribution in [0.2, 0.25) is 0 Å². The van der Waals surface area contributed by atoms with Crippen LogP contribution in [0.15, 0.2) is 18.3 Å². The van der Waals surface area contributed by atoms with Crippen molar-refractivity contribution < 1.29 is 14.7 Å². The molecule has 1 amide bonds. The number of unbranched alkanes of at least 4 members (excludes halogenated alkanes) is 1. The summed E-state index contributed by atoms with van der Waals surface area (Å²) in [6, 6.07) is 3.23. The number of aliphatic carboxylic acids is 1. The van der Waals surface area contributed by atoms with Crippen molar-refractivity contribution in [1.82, 2.24) is 4.98 Å². The number of anilines is 1. The predicted molar refractivity (Wildman–Crippen MR) is 67.1 cm³/mol. The monoisotopic (exact) mass is 251 g/mol. The topological polar surface area (TPSA) is 105 Å². The van der Waals surface area contributed by atoms with Crippen molar-refractivity contribution in [1.29, 1.82) is 0 Å². The van der Waals surface area contributed by atoms with Gasteiger partial charge in [0, 0.05) is 6.42 Å². The smallest absolute Gasteiger partial charge is 0.309 e. The molecular formula is C12H17N3O3. The first kappa shape index (κ1) is 14.1. The Labute approximate surface area is 105 Å². The minimum Gasteiger partial charge on any atom is -0.481 e. The molecule has 0 aromatic carbocycles. The van der Waals surface area contributed by atoms with E-state index in [1.165, 1.54) is 6.20 Å². The zero-order chi connectivity index (χ0) is 13.4. The van der Waals surface area contributed by atoms with Gasteiger partial charge in [0.15, 0.2) is 0 Å². The van der Waals surface area contributed by atoms with Crippen LogP contribution in [0, 0.1) is 0 Å². The highest BCUT2D eigenvalue weighted by Crippen LogP contribution is 2.08. The second-order valence-electron chi connectivity index (χ2n) is 3.90. The molecule has 0 fully saturated rings. The van der Waals surface area contributed by atoms with E-state index in [-0.39, 0.29) is 12.3 Å². The van der Waals surface area contributed by atoms with Crippen molar-refractivity contribution in [2.75, 3.05) is 11.9 Å². The number of pyridine rings is 1. The van der Waals surface area contributed by atoms with Gasteiger partial charge in [-0.25, -0.2) is 0 Å². The molecule has 0 aliphatic heterocycles.